The predicted molar refractivity (Wildman–Crippen MR) is 103 cm³/mol. The van der Waals surface area contributed by atoms with Crippen molar-refractivity contribution in [3.63, 3.8) is 0 Å². The Morgan fingerprint density at radius 1 is 1.15 bits per heavy atom. The van der Waals surface area contributed by atoms with Crippen molar-refractivity contribution in [2.75, 3.05) is 11.4 Å². The van der Waals surface area contributed by atoms with Crippen molar-refractivity contribution in [2.24, 2.45) is 0 Å². The van der Waals surface area contributed by atoms with Gasteiger partial charge in [0.25, 0.3) is 0 Å². The molecule has 2 aromatic rings. The molecule has 0 aliphatic carbocycles. The first kappa shape index (κ1) is 17.9. The van der Waals surface area contributed by atoms with Crippen molar-refractivity contribution in [3.8, 4) is 0 Å². The van der Waals surface area contributed by atoms with Gasteiger partial charge in [-0.15, -0.1) is 0 Å². The summed E-state index contributed by atoms with van der Waals surface area (Å²) in [7, 11) is -0.494. The fourth-order valence-electron chi connectivity index (χ4n) is 3.28. The molecule has 0 radical (unpaired) electrons. The van der Waals surface area contributed by atoms with Crippen LogP contribution in [0.2, 0.25) is 0 Å². The van der Waals surface area contributed by atoms with E-state index in [1.807, 2.05) is 52.0 Å². The highest BCUT2D eigenvalue weighted by atomic mass is 16.7. The first-order valence-corrected chi connectivity index (χ1v) is 9.04. The average molecular weight is 367 g/mol. The lowest BCUT2D eigenvalue weighted by Gasteiger charge is -2.32. The molecule has 8 heteroatoms. The van der Waals surface area contributed by atoms with E-state index in [4.69, 9.17) is 9.31 Å². The van der Waals surface area contributed by atoms with Gasteiger partial charge in [0.1, 0.15) is 0 Å². The van der Waals surface area contributed by atoms with Crippen LogP contribution < -0.4 is 15.7 Å². The van der Waals surface area contributed by atoms with Crippen LogP contribution in [0.1, 0.15) is 34.1 Å². The molecule has 0 atom stereocenters. The summed E-state index contributed by atoms with van der Waals surface area (Å²) in [4.78, 5) is 29.7. The molecule has 1 N–H and O–H groups in total. The minimum Gasteiger partial charge on any atom is -0.399 e. The Bertz CT molecular complexity index is 928. The summed E-state index contributed by atoms with van der Waals surface area (Å²) in [5.74, 6) is -0.257. The molecule has 1 aromatic heterocycles. The smallest absolute Gasteiger partial charge is 0.399 e. The van der Waals surface area contributed by atoms with Crippen molar-refractivity contribution in [3.05, 3.63) is 30.5 Å². The van der Waals surface area contributed by atoms with Gasteiger partial charge < -0.3 is 9.31 Å². The number of rotatable bonds is 2. The number of urea groups is 1. The first-order valence-electron chi connectivity index (χ1n) is 9.04. The number of benzene rings is 1. The molecule has 7 nitrogen and oxygen atoms in total. The third-order valence-corrected chi connectivity index (χ3v) is 5.58. The second kappa shape index (κ2) is 6.04. The Kier molecular flexibility index (Phi) is 4.01. The van der Waals surface area contributed by atoms with Gasteiger partial charge in [0.15, 0.2) is 0 Å². The molecular weight excluding hydrogens is 345 g/mol. The van der Waals surface area contributed by atoms with Crippen LogP contribution in [-0.2, 0) is 14.1 Å². The Morgan fingerprint density at radius 2 is 1.85 bits per heavy atom. The van der Waals surface area contributed by atoms with Crippen LogP contribution in [0, 0.1) is 0 Å². The maximum atomic E-state index is 12.2. The number of fused-ring (bicyclic) bond motifs is 1. The molecule has 0 bridgehead atoms. The Hall–Kier alpha value is -2.45. The van der Waals surface area contributed by atoms with Gasteiger partial charge in [0.2, 0.25) is 5.91 Å². The SMILES string of the molecule is CC1(C)OB(c2cnc3c(N4CCC(=O)NC4=O)cccc3c2)OC1(C)C. The molecular formula is C19H22BN3O4. The zero-order valence-corrected chi connectivity index (χ0v) is 15.9. The minimum atomic E-state index is -0.494. The highest BCUT2D eigenvalue weighted by Gasteiger charge is 2.51. The monoisotopic (exact) mass is 367 g/mol. The maximum Gasteiger partial charge on any atom is 0.496 e. The second-order valence-corrected chi connectivity index (χ2v) is 7.96. The molecule has 2 fully saturated rings. The number of nitrogens with zero attached hydrogens (tertiary/aromatic N) is 2. The van der Waals surface area contributed by atoms with Gasteiger partial charge in [-0.2, -0.15) is 0 Å². The lowest BCUT2D eigenvalue weighted by atomic mass is 9.80. The zero-order chi connectivity index (χ0) is 19.4. The van der Waals surface area contributed by atoms with Gasteiger partial charge in [0, 0.05) is 30.0 Å². The molecule has 140 valence electrons. The van der Waals surface area contributed by atoms with Crippen molar-refractivity contribution in [2.45, 2.75) is 45.3 Å². The lowest BCUT2D eigenvalue weighted by Crippen LogP contribution is -2.49. The van der Waals surface area contributed by atoms with Crippen molar-refractivity contribution in [1.82, 2.24) is 10.3 Å². The van der Waals surface area contributed by atoms with Crippen LogP contribution in [0.15, 0.2) is 30.5 Å². The summed E-state index contributed by atoms with van der Waals surface area (Å²) >= 11 is 0. The summed E-state index contributed by atoms with van der Waals surface area (Å²) in [6, 6.07) is 7.20. The van der Waals surface area contributed by atoms with Crippen LogP contribution in [0.3, 0.4) is 0 Å². The average Bonchev–Trinajstić information content (AvgIpc) is 2.82. The fourth-order valence-corrected chi connectivity index (χ4v) is 3.28. The molecule has 0 spiro atoms. The molecule has 1 aromatic carbocycles. The number of carbonyl (C=O) groups is 2. The topological polar surface area (TPSA) is 80.8 Å². The highest BCUT2D eigenvalue weighted by Crippen LogP contribution is 2.36. The van der Waals surface area contributed by atoms with E-state index in [-0.39, 0.29) is 12.3 Å². The number of aromatic nitrogens is 1. The zero-order valence-electron chi connectivity index (χ0n) is 15.9. The quantitative estimate of drug-likeness (QED) is 0.821. The number of nitrogens with one attached hydrogen (secondary N) is 1. The van der Waals surface area contributed by atoms with Gasteiger partial charge in [0.05, 0.1) is 22.4 Å². The van der Waals surface area contributed by atoms with Crippen molar-refractivity contribution >= 4 is 41.1 Å². The number of amides is 3. The van der Waals surface area contributed by atoms with E-state index in [2.05, 4.69) is 10.3 Å². The molecule has 2 aliphatic rings. The summed E-state index contributed by atoms with van der Waals surface area (Å²) in [5.41, 5.74) is 1.36. The summed E-state index contributed by atoms with van der Waals surface area (Å²) in [5, 5.41) is 3.23. The lowest BCUT2D eigenvalue weighted by molar-refractivity contribution is -0.120. The molecule has 2 aliphatic heterocycles. The molecule has 3 heterocycles. The molecule has 2 saturated heterocycles. The molecule has 4 rings (SSSR count). The standard InChI is InChI=1S/C19H22BN3O4/c1-18(2)19(3,4)27-20(26-18)13-10-12-6-5-7-14(16(12)21-11-13)23-9-8-15(24)22-17(23)25/h5-7,10-11H,8-9H2,1-4H3,(H,22,24,25). The summed E-state index contributed by atoms with van der Waals surface area (Å²) < 4.78 is 12.2. The van der Waals surface area contributed by atoms with Gasteiger partial charge >= 0.3 is 13.1 Å². The van der Waals surface area contributed by atoms with Gasteiger partial charge in [-0.05, 0) is 33.8 Å². The maximum absolute atomic E-state index is 12.2. The highest BCUT2D eigenvalue weighted by molar-refractivity contribution is 6.62. The number of anilines is 1. The minimum absolute atomic E-state index is 0.257. The number of imide groups is 1. The van der Waals surface area contributed by atoms with E-state index in [9.17, 15) is 9.59 Å². The molecule has 27 heavy (non-hydrogen) atoms. The largest absolute Gasteiger partial charge is 0.496 e. The number of hydrogen-bond donors (Lipinski definition) is 1. The van der Waals surface area contributed by atoms with Gasteiger partial charge in [-0.3, -0.25) is 20.0 Å². The molecule has 0 unspecified atom stereocenters. The Balaban J connectivity index is 1.69. The van der Waals surface area contributed by atoms with E-state index in [0.29, 0.717) is 17.7 Å². The third-order valence-electron chi connectivity index (χ3n) is 5.58. The van der Waals surface area contributed by atoms with Crippen molar-refractivity contribution in [1.29, 1.82) is 0 Å². The van der Waals surface area contributed by atoms with E-state index < -0.39 is 24.4 Å². The van der Waals surface area contributed by atoms with E-state index >= 15 is 0 Å². The second-order valence-electron chi connectivity index (χ2n) is 7.96. The number of hydrogen-bond acceptors (Lipinski definition) is 5. The first-order chi connectivity index (χ1) is 12.7. The van der Waals surface area contributed by atoms with Crippen molar-refractivity contribution < 1.29 is 18.9 Å². The van der Waals surface area contributed by atoms with Gasteiger partial charge in [-0.1, -0.05) is 18.2 Å². The fraction of sp³-hybridized carbons (Fsp3) is 0.421. The van der Waals surface area contributed by atoms with Crippen LogP contribution in [0.4, 0.5) is 10.5 Å². The Labute approximate surface area is 158 Å². The predicted octanol–water partition coefficient (Wildman–Crippen LogP) is 1.98. The van der Waals surface area contributed by atoms with E-state index in [1.165, 1.54) is 0 Å². The van der Waals surface area contributed by atoms with Crippen LogP contribution in [0.25, 0.3) is 10.9 Å². The number of para-hydroxylation sites is 1. The van der Waals surface area contributed by atoms with E-state index in [1.54, 1.807) is 11.1 Å². The molecule has 0 saturated carbocycles. The Morgan fingerprint density at radius 3 is 2.52 bits per heavy atom. The van der Waals surface area contributed by atoms with Crippen LogP contribution in [-0.4, -0.2) is 41.8 Å². The number of pyridine rings is 1. The van der Waals surface area contributed by atoms with Gasteiger partial charge in [-0.25, -0.2) is 4.79 Å². The number of carbonyl (C=O) groups excluding carboxylic acids is 2. The van der Waals surface area contributed by atoms with Crippen LogP contribution in [0.5, 0.6) is 0 Å². The normalized spacial score (nSPS) is 21.6. The summed E-state index contributed by atoms with van der Waals surface area (Å²) in [6.07, 6.45) is 2.00. The molecule has 3 amide bonds. The van der Waals surface area contributed by atoms with Crippen LogP contribution >= 0.6 is 0 Å². The van der Waals surface area contributed by atoms with E-state index in [0.717, 1.165) is 10.8 Å². The summed E-state index contributed by atoms with van der Waals surface area (Å²) in [6.45, 7) is 8.38. The third kappa shape index (κ3) is 2.98.